The number of hydrogen-bond acceptors (Lipinski definition) is 3. The Bertz CT molecular complexity index is 365. The summed E-state index contributed by atoms with van der Waals surface area (Å²) in [7, 11) is 1.95. The van der Waals surface area contributed by atoms with Crippen molar-refractivity contribution >= 4 is 6.21 Å². The number of rotatable bonds is 2. The number of nitrogens with zero attached hydrogens (tertiary/aromatic N) is 1. The molecule has 1 saturated carbocycles. The fourth-order valence-corrected chi connectivity index (χ4v) is 2.74. The highest BCUT2D eigenvalue weighted by molar-refractivity contribution is 5.76. The zero-order valence-electron chi connectivity index (χ0n) is 10.5. The molecule has 3 rings (SSSR count). The van der Waals surface area contributed by atoms with E-state index in [4.69, 9.17) is 0 Å². The molecule has 0 aromatic heterocycles. The minimum atomic E-state index is -0.287. The Morgan fingerprint density at radius 2 is 2.29 bits per heavy atom. The van der Waals surface area contributed by atoms with E-state index in [-0.39, 0.29) is 11.2 Å². The number of hydrogen-bond donors (Lipinski definition) is 2. The van der Waals surface area contributed by atoms with Gasteiger partial charge in [-0.25, -0.2) is 4.39 Å². The van der Waals surface area contributed by atoms with Gasteiger partial charge in [-0.1, -0.05) is 0 Å². The number of allylic oxidation sites excluding steroid dienone is 4. The maximum atomic E-state index is 13.3. The zero-order valence-corrected chi connectivity index (χ0v) is 10.5. The Morgan fingerprint density at radius 3 is 3.00 bits per heavy atom. The molecule has 2 aliphatic heterocycles. The molecule has 1 fully saturated rings. The molecule has 0 spiro atoms. The van der Waals surface area contributed by atoms with E-state index in [9.17, 15) is 4.39 Å². The predicted molar refractivity (Wildman–Crippen MR) is 68.8 cm³/mol. The summed E-state index contributed by atoms with van der Waals surface area (Å²) in [5.74, 6) is -0.287. The van der Waals surface area contributed by atoms with Crippen LogP contribution in [0.15, 0.2) is 28.7 Å². The third-order valence-corrected chi connectivity index (χ3v) is 3.48. The highest BCUT2D eigenvalue weighted by Crippen LogP contribution is 2.41. The van der Waals surface area contributed by atoms with Crippen molar-refractivity contribution in [2.24, 2.45) is 10.4 Å². The third kappa shape index (κ3) is 2.94. The molecule has 17 heavy (non-hydrogen) atoms. The van der Waals surface area contributed by atoms with Gasteiger partial charge >= 0.3 is 0 Å². The van der Waals surface area contributed by atoms with E-state index in [1.165, 1.54) is 12.3 Å². The van der Waals surface area contributed by atoms with Crippen LogP contribution in [0.25, 0.3) is 0 Å². The minimum Gasteiger partial charge on any atom is -0.386 e. The van der Waals surface area contributed by atoms with Crippen LogP contribution in [-0.4, -0.2) is 32.4 Å². The second kappa shape index (κ2) is 5.00. The molecular formula is C13H20FN3. The van der Waals surface area contributed by atoms with Crippen molar-refractivity contribution < 1.29 is 4.39 Å². The first kappa shape index (κ1) is 12.3. The molecule has 3 nitrogen and oxygen atoms in total. The first-order chi connectivity index (χ1) is 8.13. The summed E-state index contributed by atoms with van der Waals surface area (Å²) in [4.78, 5) is 4.22. The van der Waals surface area contributed by atoms with Crippen molar-refractivity contribution in [3.63, 3.8) is 0 Å². The zero-order chi connectivity index (χ0) is 12.3. The smallest absolute Gasteiger partial charge is 0.141 e. The SMILES string of the molecule is CNCC12CN=C/C(F)=C\C=C(\C)NC(C1)C2. The first-order valence-corrected chi connectivity index (χ1v) is 6.09. The van der Waals surface area contributed by atoms with Gasteiger partial charge in [0, 0.05) is 30.2 Å². The molecule has 0 aromatic carbocycles. The topological polar surface area (TPSA) is 36.4 Å². The van der Waals surface area contributed by atoms with Gasteiger partial charge in [0.25, 0.3) is 0 Å². The summed E-state index contributed by atoms with van der Waals surface area (Å²) in [6.45, 7) is 3.61. The molecule has 0 unspecified atom stereocenters. The van der Waals surface area contributed by atoms with Gasteiger partial charge in [0.15, 0.2) is 0 Å². The lowest BCUT2D eigenvalue weighted by Crippen LogP contribution is -2.54. The van der Waals surface area contributed by atoms with E-state index in [0.717, 1.165) is 25.1 Å². The van der Waals surface area contributed by atoms with Crippen LogP contribution in [0.3, 0.4) is 0 Å². The number of fused-ring (bicyclic) bond motifs is 4. The van der Waals surface area contributed by atoms with Crippen LogP contribution < -0.4 is 10.6 Å². The van der Waals surface area contributed by atoms with E-state index >= 15 is 0 Å². The number of halogens is 1. The van der Waals surface area contributed by atoms with Crippen LogP contribution in [0, 0.1) is 5.41 Å². The van der Waals surface area contributed by atoms with Gasteiger partial charge < -0.3 is 10.6 Å². The molecule has 94 valence electrons. The number of aliphatic imine (C=N–C) groups is 1. The van der Waals surface area contributed by atoms with Gasteiger partial charge in [-0.3, -0.25) is 4.99 Å². The van der Waals surface area contributed by atoms with Gasteiger partial charge in [-0.2, -0.15) is 0 Å². The Kier molecular flexibility index (Phi) is 3.62. The highest BCUT2D eigenvalue weighted by Gasteiger charge is 2.43. The average Bonchev–Trinajstić information content (AvgIpc) is 2.27. The Balaban J connectivity index is 2.13. The molecule has 0 radical (unpaired) electrons. The first-order valence-electron chi connectivity index (χ1n) is 6.09. The summed E-state index contributed by atoms with van der Waals surface area (Å²) < 4.78 is 13.3. The van der Waals surface area contributed by atoms with Gasteiger partial charge in [-0.15, -0.1) is 0 Å². The fourth-order valence-electron chi connectivity index (χ4n) is 2.74. The lowest BCUT2D eigenvalue weighted by Gasteiger charge is -2.47. The van der Waals surface area contributed by atoms with Crippen LogP contribution in [0.1, 0.15) is 19.8 Å². The quantitative estimate of drug-likeness (QED) is 0.768. The minimum absolute atomic E-state index is 0.202. The molecule has 2 bridgehead atoms. The van der Waals surface area contributed by atoms with E-state index in [1.807, 2.05) is 14.0 Å². The van der Waals surface area contributed by atoms with Gasteiger partial charge in [0.1, 0.15) is 5.83 Å². The predicted octanol–water partition coefficient (Wildman–Crippen LogP) is 1.79. The molecule has 1 aliphatic carbocycles. The number of nitrogens with one attached hydrogen (secondary N) is 2. The van der Waals surface area contributed by atoms with Gasteiger partial charge in [0.05, 0.1) is 6.21 Å². The average molecular weight is 237 g/mol. The van der Waals surface area contributed by atoms with Crippen LogP contribution in [0.5, 0.6) is 0 Å². The van der Waals surface area contributed by atoms with Crippen LogP contribution >= 0.6 is 0 Å². The van der Waals surface area contributed by atoms with E-state index in [2.05, 4.69) is 15.6 Å². The molecule has 4 heteroatoms. The Labute approximate surface area is 102 Å². The van der Waals surface area contributed by atoms with Gasteiger partial charge in [0.2, 0.25) is 0 Å². The van der Waals surface area contributed by atoms with Crippen molar-refractivity contribution in [1.82, 2.24) is 10.6 Å². The molecule has 2 N–H and O–H groups in total. The molecule has 0 saturated heterocycles. The second-order valence-corrected chi connectivity index (χ2v) is 5.15. The molecule has 0 atom stereocenters. The van der Waals surface area contributed by atoms with Crippen molar-refractivity contribution in [1.29, 1.82) is 0 Å². The van der Waals surface area contributed by atoms with Crippen molar-refractivity contribution in [3.8, 4) is 0 Å². The van der Waals surface area contributed by atoms with E-state index in [0.29, 0.717) is 12.6 Å². The van der Waals surface area contributed by atoms with Crippen molar-refractivity contribution in [3.05, 3.63) is 23.7 Å². The normalized spacial score (nSPS) is 38.9. The van der Waals surface area contributed by atoms with E-state index in [1.54, 1.807) is 6.08 Å². The summed E-state index contributed by atoms with van der Waals surface area (Å²) in [6.07, 6.45) is 6.75. The second-order valence-electron chi connectivity index (χ2n) is 5.15. The summed E-state index contributed by atoms with van der Waals surface area (Å²) in [6, 6.07) is 0.504. The Hall–Kier alpha value is -1.16. The summed E-state index contributed by atoms with van der Waals surface area (Å²) >= 11 is 0. The standard InChI is InChI=1S/C13H20FN3/c1-10-3-4-11(14)7-16-9-13(8-15-2)5-12(6-13)17-10/h3-4,7,12,15,17H,5-6,8-9H2,1-2H3/b10-3-,11-4+,16-7?. The molecule has 0 amide bonds. The maximum absolute atomic E-state index is 13.3. The fraction of sp³-hybridized carbons (Fsp3) is 0.615. The van der Waals surface area contributed by atoms with Crippen LogP contribution in [0.2, 0.25) is 0 Å². The third-order valence-electron chi connectivity index (χ3n) is 3.48. The summed E-state index contributed by atoms with van der Waals surface area (Å²) in [5.41, 5.74) is 1.21. The molecular weight excluding hydrogens is 217 g/mol. The molecule has 2 heterocycles. The maximum Gasteiger partial charge on any atom is 0.141 e. The van der Waals surface area contributed by atoms with Gasteiger partial charge in [-0.05, 0) is 39.0 Å². The van der Waals surface area contributed by atoms with Crippen molar-refractivity contribution in [2.45, 2.75) is 25.8 Å². The Morgan fingerprint density at radius 1 is 1.53 bits per heavy atom. The lowest BCUT2D eigenvalue weighted by molar-refractivity contribution is 0.0994. The van der Waals surface area contributed by atoms with E-state index < -0.39 is 0 Å². The molecule has 3 aliphatic rings. The van der Waals surface area contributed by atoms with Crippen LogP contribution in [0.4, 0.5) is 4.39 Å². The highest BCUT2D eigenvalue weighted by atomic mass is 19.1. The molecule has 0 aromatic rings. The summed E-state index contributed by atoms with van der Waals surface area (Å²) in [5, 5.41) is 6.63. The largest absolute Gasteiger partial charge is 0.386 e. The van der Waals surface area contributed by atoms with Crippen molar-refractivity contribution in [2.75, 3.05) is 20.1 Å². The lowest BCUT2D eigenvalue weighted by atomic mass is 9.65. The van der Waals surface area contributed by atoms with Crippen LogP contribution in [-0.2, 0) is 0 Å². The monoisotopic (exact) mass is 237 g/mol.